The summed E-state index contributed by atoms with van der Waals surface area (Å²) in [7, 11) is 0. The Bertz CT molecular complexity index is 209. The van der Waals surface area contributed by atoms with Crippen LogP contribution in [0.2, 0.25) is 0 Å². The Morgan fingerprint density at radius 3 is 2.23 bits per heavy atom. The molecule has 0 amide bonds. The molecule has 1 aliphatic heterocycles. The molecule has 1 aliphatic rings. The van der Waals surface area contributed by atoms with Crippen molar-refractivity contribution in [1.29, 1.82) is 0 Å². The minimum Gasteiger partial charge on any atom is -0.480 e. The first-order valence-corrected chi connectivity index (χ1v) is 4.50. The van der Waals surface area contributed by atoms with Crippen molar-refractivity contribution in [2.45, 2.75) is 33.2 Å². The van der Waals surface area contributed by atoms with Crippen LogP contribution in [0.1, 0.15) is 27.2 Å². The molecule has 2 N–H and O–H groups in total. The first-order chi connectivity index (χ1) is 5.82. The molecule has 76 valence electrons. The van der Waals surface area contributed by atoms with E-state index in [0.717, 1.165) is 5.06 Å². The van der Waals surface area contributed by atoms with Gasteiger partial charge in [-0.2, -0.15) is 5.06 Å². The van der Waals surface area contributed by atoms with Gasteiger partial charge in [-0.05, 0) is 17.8 Å². The summed E-state index contributed by atoms with van der Waals surface area (Å²) in [6.45, 7) is 6.65. The van der Waals surface area contributed by atoms with Crippen molar-refractivity contribution in [3.05, 3.63) is 0 Å². The van der Waals surface area contributed by atoms with E-state index < -0.39 is 12.0 Å². The monoisotopic (exact) mass is 187 g/mol. The molecule has 0 aromatic heterocycles. The van der Waals surface area contributed by atoms with Crippen LogP contribution < -0.4 is 0 Å². The van der Waals surface area contributed by atoms with Gasteiger partial charge in [0.05, 0.1) is 0 Å². The van der Waals surface area contributed by atoms with Crippen LogP contribution in [0.15, 0.2) is 0 Å². The summed E-state index contributed by atoms with van der Waals surface area (Å²) in [5.74, 6) is -0.687. The lowest BCUT2D eigenvalue weighted by atomic mass is 9.79. The smallest absolute Gasteiger partial charge is 0.323 e. The maximum atomic E-state index is 10.7. The highest BCUT2D eigenvalue weighted by atomic mass is 16.5. The van der Waals surface area contributed by atoms with E-state index in [4.69, 9.17) is 5.11 Å². The van der Waals surface area contributed by atoms with Crippen LogP contribution in [-0.2, 0) is 4.79 Å². The van der Waals surface area contributed by atoms with Gasteiger partial charge >= 0.3 is 5.97 Å². The maximum Gasteiger partial charge on any atom is 0.323 e. The fraction of sp³-hybridized carbons (Fsp3) is 0.889. The van der Waals surface area contributed by atoms with Crippen LogP contribution in [0.3, 0.4) is 0 Å². The zero-order valence-corrected chi connectivity index (χ0v) is 8.32. The first kappa shape index (κ1) is 10.5. The molecule has 0 aromatic carbocycles. The number of aliphatic carboxylic acids is 1. The summed E-state index contributed by atoms with van der Waals surface area (Å²) in [4.78, 5) is 10.7. The fourth-order valence-electron chi connectivity index (χ4n) is 1.67. The zero-order valence-electron chi connectivity index (χ0n) is 8.32. The Labute approximate surface area is 78.1 Å². The van der Waals surface area contributed by atoms with Crippen molar-refractivity contribution < 1.29 is 15.1 Å². The standard InChI is InChI=1S/C9H17NO3/c1-9(2,3)6-4-7(8(11)12)10(13)5-6/h6-7,13H,4-5H2,1-3H3,(H,11,12). The Kier molecular flexibility index (Phi) is 2.63. The number of rotatable bonds is 1. The number of hydrogen-bond acceptors (Lipinski definition) is 3. The van der Waals surface area contributed by atoms with E-state index in [1.807, 2.05) is 0 Å². The normalized spacial score (nSPS) is 30.8. The van der Waals surface area contributed by atoms with E-state index in [-0.39, 0.29) is 11.3 Å². The number of hydrogen-bond donors (Lipinski definition) is 2. The Balaban J connectivity index is 2.65. The van der Waals surface area contributed by atoms with Gasteiger partial charge in [-0.1, -0.05) is 20.8 Å². The van der Waals surface area contributed by atoms with Gasteiger partial charge in [0.1, 0.15) is 6.04 Å². The van der Waals surface area contributed by atoms with E-state index in [9.17, 15) is 10.0 Å². The zero-order chi connectivity index (χ0) is 10.2. The highest BCUT2D eigenvalue weighted by molar-refractivity contribution is 5.73. The van der Waals surface area contributed by atoms with E-state index in [2.05, 4.69) is 20.8 Å². The summed E-state index contributed by atoms with van der Waals surface area (Å²) >= 11 is 0. The lowest BCUT2D eigenvalue weighted by Gasteiger charge is -2.25. The number of nitrogens with zero attached hydrogens (tertiary/aromatic N) is 1. The highest BCUT2D eigenvalue weighted by Gasteiger charge is 2.41. The number of hydroxylamine groups is 2. The van der Waals surface area contributed by atoms with Crippen molar-refractivity contribution in [3.63, 3.8) is 0 Å². The van der Waals surface area contributed by atoms with Crippen molar-refractivity contribution in [2.75, 3.05) is 6.54 Å². The second-order valence-electron chi connectivity index (χ2n) is 4.77. The molecule has 2 unspecified atom stereocenters. The third-order valence-electron chi connectivity index (χ3n) is 2.78. The van der Waals surface area contributed by atoms with Crippen LogP contribution >= 0.6 is 0 Å². The average molecular weight is 187 g/mol. The summed E-state index contributed by atoms with van der Waals surface area (Å²) in [6, 6.07) is -0.718. The minimum atomic E-state index is -0.936. The molecule has 4 heteroatoms. The van der Waals surface area contributed by atoms with Gasteiger partial charge in [-0.15, -0.1) is 0 Å². The third kappa shape index (κ3) is 2.19. The number of carboxylic acid groups (broad SMARTS) is 1. The Morgan fingerprint density at radius 1 is 1.46 bits per heavy atom. The summed E-state index contributed by atoms with van der Waals surface area (Å²) < 4.78 is 0. The SMILES string of the molecule is CC(C)(C)C1CC(C(=O)O)N(O)C1. The molecular formula is C9H17NO3. The van der Waals surface area contributed by atoms with E-state index in [1.165, 1.54) is 0 Å². The number of carbonyl (C=O) groups is 1. The van der Waals surface area contributed by atoms with Gasteiger partial charge in [0.2, 0.25) is 0 Å². The van der Waals surface area contributed by atoms with Crippen molar-refractivity contribution >= 4 is 5.97 Å². The molecule has 0 aromatic rings. The van der Waals surface area contributed by atoms with Gasteiger partial charge in [0, 0.05) is 6.54 Å². The molecular weight excluding hydrogens is 170 g/mol. The van der Waals surface area contributed by atoms with Crippen LogP contribution in [-0.4, -0.2) is 33.9 Å². The molecule has 1 heterocycles. The Hall–Kier alpha value is -0.610. The molecule has 1 rings (SSSR count). The van der Waals surface area contributed by atoms with Gasteiger partial charge in [0.25, 0.3) is 0 Å². The molecule has 0 spiro atoms. The second kappa shape index (κ2) is 3.27. The molecule has 0 saturated carbocycles. The van der Waals surface area contributed by atoms with Crippen LogP contribution in [0.4, 0.5) is 0 Å². The van der Waals surface area contributed by atoms with Gasteiger partial charge < -0.3 is 10.3 Å². The summed E-state index contributed by atoms with van der Waals surface area (Å²) in [5.41, 5.74) is 0.0607. The molecule has 0 bridgehead atoms. The second-order valence-corrected chi connectivity index (χ2v) is 4.77. The third-order valence-corrected chi connectivity index (χ3v) is 2.78. The molecule has 4 nitrogen and oxygen atoms in total. The largest absolute Gasteiger partial charge is 0.480 e. The van der Waals surface area contributed by atoms with Gasteiger partial charge in [-0.25, -0.2) is 0 Å². The topological polar surface area (TPSA) is 60.8 Å². The van der Waals surface area contributed by atoms with Crippen molar-refractivity contribution in [2.24, 2.45) is 11.3 Å². The summed E-state index contributed by atoms with van der Waals surface area (Å²) in [6.07, 6.45) is 0.537. The number of carboxylic acids is 1. The van der Waals surface area contributed by atoms with Crippen molar-refractivity contribution in [3.8, 4) is 0 Å². The minimum absolute atomic E-state index is 0.0607. The molecule has 2 atom stereocenters. The van der Waals surface area contributed by atoms with Gasteiger partial charge in [-0.3, -0.25) is 4.79 Å². The van der Waals surface area contributed by atoms with Crippen LogP contribution in [0.5, 0.6) is 0 Å². The lowest BCUT2D eigenvalue weighted by molar-refractivity contribution is -0.161. The molecule has 1 fully saturated rings. The molecule has 0 radical (unpaired) electrons. The van der Waals surface area contributed by atoms with E-state index in [1.54, 1.807) is 0 Å². The van der Waals surface area contributed by atoms with E-state index in [0.29, 0.717) is 13.0 Å². The first-order valence-electron chi connectivity index (χ1n) is 4.50. The van der Waals surface area contributed by atoms with Crippen molar-refractivity contribution in [1.82, 2.24) is 5.06 Å². The van der Waals surface area contributed by atoms with E-state index >= 15 is 0 Å². The maximum absolute atomic E-state index is 10.7. The van der Waals surface area contributed by atoms with Crippen LogP contribution in [0.25, 0.3) is 0 Å². The predicted molar refractivity (Wildman–Crippen MR) is 47.5 cm³/mol. The quantitative estimate of drug-likeness (QED) is 0.647. The van der Waals surface area contributed by atoms with Crippen LogP contribution in [0, 0.1) is 11.3 Å². The lowest BCUT2D eigenvalue weighted by Crippen LogP contribution is -2.33. The highest BCUT2D eigenvalue weighted by Crippen LogP contribution is 2.35. The molecule has 0 aliphatic carbocycles. The summed E-state index contributed by atoms with van der Waals surface area (Å²) in [5, 5.41) is 19.1. The predicted octanol–water partition coefficient (Wildman–Crippen LogP) is 1.20. The molecule has 13 heavy (non-hydrogen) atoms. The molecule has 1 saturated heterocycles. The van der Waals surface area contributed by atoms with Gasteiger partial charge in [0.15, 0.2) is 0 Å². The fourth-order valence-corrected chi connectivity index (χ4v) is 1.67. The average Bonchev–Trinajstić information content (AvgIpc) is 2.29. The Morgan fingerprint density at radius 2 is 2.00 bits per heavy atom.